The lowest BCUT2D eigenvalue weighted by Gasteiger charge is -2.28. The second kappa shape index (κ2) is 7.84. The average Bonchev–Trinajstić information content (AvgIpc) is 2.74. The molecule has 1 aromatic carbocycles. The number of carboxylic acid groups (broad SMARTS) is 1. The lowest BCUT2D eigenvalue weighted by atomic mass is 10.2. The number of carboxylic acids is 1. The van der Waals surface area contributed by atoms with E-state index < -0.39 is 17.0 Å². The van der Waals surface area contributed by atoms with Gasteiger partial charge in [0.05, 0.1) is 13.2 Å². The van der Waals surface area contributed by atoms with Crippen LogP contribution in [0.5, 0.6) is 6.01 Å². The number of hydrogen-bond acceptors (Lipinski definition) is 7. The van der Waals surface area contributed by atoms with Gasteiger partial charge in [0, 0.05) is 19.3 Å². The number of pyridine rings is 1. The molecule has 0 amide bonds. The van der Waals surface area contributed by atoms with Crippen LogP contribution in [0.2, 0.25) is 0 Å². The molecule has 1 aliphatic rings. The molecule has 150 valence electrons. The largest absolute Gasteiger partial charge is 0.477 e. The summed E-state index contributed by atoms with van der Waals surface area (Å²) in [5.74, 6) is -1.28. The lowest BCUT2D eigenvalue weighted by molar-refractivity contribution is 0.0695. The SMILES string of the molecule is O=C(O)c1c[nH]c2c(N3CCOCC3)nc(OCc3ccc(F)cc3)nc2c1=O. The van der Waals surface area contributed by atoms with E-state index >= 15 is 0 Å². The molecule has 0 spiro atoms. The van der Waals surface area contributed by atoms with E-state index in [2.05, 4.69) is 15.0 Å². The maximum atomic E-state index is 13.1. The van der Waals surface area contributed by atoms with Gasteiger partial charge in [-0.1, -0.05) is 12.1 Å². The van der Waals surface area contributed by atoms with Crippen molar-refractivity contribution < 1.29 is 23.8 Å². The van der Waals surface area contributed by atoms with Crippen molar-refractivity contribution in [2.45, 2.75) is 6.61 Å². The third-order valence-electron chi connectivity index (χ3n) is 4.51. The zero-order valence-corrected chi connectivity index (χ0v) is 15.2. The van der Waals surface area contributed by atoms with Crippen LogP contribution in [0.3, 0.4) is 0 Å². The number of morpholine rings is 1. The van der Waals surface area contributed by atoms with E-state index in [0.29, 0.717) is 43.2 Å². The van der Waals surface area contributed by atoms with Crippen LogP contribution < -0.4 is 15.1 Å². The lowest BCUT2D eigenvalue weighted by Crippen LogP contribution is -2.37. The number of aromatic amines is 1. The number of aromatic nitrogens is 3. The molecule has 4 rings (SSSR count). The normalized spacial score (nSPS) is 14.2. The van der Waals surface area contributed by atoms with Crippen LogP contribution in [-0.2, 0) is 11.3 Å². The molecule has 1 fully saturated rings. The molecular formula is C19H17FN4O5. The summed E-state index contributed by atoms with van der Waals surface area (Å²) in [5, 5.41) is 9.23. The average molecular weight is 400 g/mol. The van der Waals surface area contributed by atoms with Crippen LogP contribution >= 0.6 is 0 Å². The Hall–Kier alpha value is -3.53. The van der Waals surface area contributed by atoms with Gasteiger partial charge < -0.3 is 24.5 Å². The fourth-order valence-electron chi connectivity index (χ4n) is 3.02. The van der Waals surface area contributed by atoms with Gasteiger partial charge in [-0.05, 0) is 17.7 Å². The van der Waals surface area contributed by atoms with Gasteiger partial charge in [-0.3, -0.25) is 4.79 Å². The number of carbonyl (C=O) groups is 1. The van der Waals surface area contributed by atoms with Gasteiger partial charge in [0.15, 0.2) is 5.82 Å². The highest BCUT2D eigenvalue weighted by atomic mass is 19.1. The first-order valence-electron chi connectivity index (χ1n) is 8.89. The zero-order chi connectivity index (χ0) is 20.4. The first-order valence-corrected chi connectivity index (χ1v) is 8.89. The summed E-state index contributed by atoms with van der Waals surface area (Å²) < 4.78 is 24.0. The molecule has 1 saturated heterocycles. The topological polar surface area (TPSA) is 118 Å². The highest BCUT2D eigenvalue weighted by molar-refractivity contribution is 5.94. The van der Waals surface area contributed by atoms with Crippen LogP contribution in [0.1, 0.15) is 15.9 Å². The second-order valence-corrected chi connectivity index (χ2v) is 6.40. The number of nitrogens with zero attached hydrogens (tertiary/aromatic N) is 3. The number of halogens is 1. The number of benzene rings is 1. The third-order valence-corrected chi connectivity index (χ3v) is 4.51. The molecule has 10 heteroatoms. The van der Waals surface area contributed by atoms with Crippen LogP contribution in [0, 0.1) is 5.82 Å². The van der Waals surface area contributed by atoms with Crippen molar-refractivity contribution in [2.75, 3.05) is 31.2 Å². The zero-order valence-electron chi connectivity index (χ0n) is 15.2. The molecule has 3 aromatic rings. The van der Waals surface area contributed by atoms with Crippen molar-refractivity contribution >= 4 is 22.8 Å². The Balaban J connectivity index is 1.76. The summed E-state index contributed by atoms with van der Waals surface area (Å²) in [4.78, 5) is 37.3. The van der Waals surface area contributed by atoms with Gasteiger partial charge in [0.2, 0.25) is 5.43 Å². The van der Waals surface area contributed by atoms with Crippen LogP contribution in [0.25, 0.3) is 11.0 Å². The molecule has 0 radical (unpaired) electrons. The van der Waals surface area contributed by atoms with Gasteiger partial charge in [0.25, 0.3) is 0 Å². The Morgan fingerprint density at radius 2 is 1.97 bits per heavy atom. The van der Waals surface area contributed by atoms with E-state index in [9.17, 15) is 19.1 Å². The smallest absolute Gasteiger partial charge is 0.341 e. The van der Waals surface area contributed by atoms with Crippen LogP contribution in [0.4, 0.5) is 10.2 Å². The molecule has 0 saturated carbocycles. The van der Waals surface area contributed by atoms with E-state index in [1.807, 2.05) is 4.90 Å². The second-order valence-electron chi connectivity index (χ2n) is 6.40. The first kappa shape index (κ1) is 18.8. The van der Waals surface area contributed by atoms with Gasteiger partial charge in [-0.15, -0.1) is 0 Å². The molecule has 1 aliphatic heterocycles. The minimum atomic E-state index is -1.35. The molecule has 0 bridgehead atoms. The maximum Gasteiger partial charge on any atom is 0.341 e. The van der Waals surface area contributed by atoms with Crippen molar-refractivity contribution in [3.63, 3.8) is 0 Å². The van der Waals surface area contributed by atoms with Crippen LogP contribution in [0.15, 0.2) is 35.3 Å². The Kier molecular flexibility index (Phi) is 5.09. The Morgan fingerprint density at radius 1 is 1.24 bits per heavy atom. The van der Waals surface area contributed by atoms with E-state index in [0.717, 1.165) is 6.20 Å². The first-order chi connectivity index (χ1) is 14.0. The number of fused-ring (bicyclic) bond motifs is 1. The highest BCUT2D eigenvalue weighted by Crippen LogP contribution is 2.24. The molecule has 3 heterocycles. The van der Waals surface area contributed by atoms with E-state index in [1.54, 1.807) is 12.1 Å². The van der Waals surface area contributed by atoms with E-state index in [-0.39, 0.29) is 24.0 Å². The van der Waals surface area contributed by atoms with Gasteiger partial charge >= 0.3 is 12.0 Å². The summed E-state index contributed by atoms with van der Waals surface area (Å²) in [6.45, 7) is 2.15. The number of aromatic carboxylic acids is 1. The molecule has 9 nitrogen and oxygen atoms in total. The number of rotatable bonds is 5. The molecule has 2 N–H and O–H groups in total. The number of nitrogens with one attached hydrogen (secondary N) is 1. The number of ether oxygens (including phenoxy) is 2. The summed E-state index contributed by atoms with van der Waals surface area (Å²) in [7, 11) is 0. The monoisotopic (exact) mass is 400 g/mol. The Bertz CT molecular complexity index is 1110. The minimum absolute atomic E-state index is 0.0604. The van der Waals surface area contributed by atoms with Gasteiger partial charge in [0.1, 0.15) is 29.0 Å². The third kappa shape index (κ3) is 3.87. The van der Waals surface area contributed by atoms with Crippen molar-refractivity contribution in [2.24, 2.45) is 0 Å². The molecule has 0 atom stereocenters. The molecule has 0 aliphatic carbocycles. The predicted octanol–water partition coefficient (Wildman–Crippen LogP) is 1.57. The van der Waals surface area contributed by atoms with Crippen molar-refractivity contribution in [3.05, 3.63) is 57.6 Å². The standard InChI is InChI=1S/C19H17FN4O5/c20-12-3-1-11(2-4-12)10-29-19-22-14-15(21-9-13(16(14)25)18(26)27)17(23-19)24-5-7-28-8-6-24/h1-4,9H,5-8,10H2,(H,21,25)(H,26,27). The molecule has 29 heavy (non-hydrogen) atoms. The Labute approximate surface area is 163 Å². The maximum absolute atomic E-state index is 13.1. The quantitative estimate of drug-likeness (QED) is 0.663. The van der Waals surface area contributed by atoms with Crippen molar-refractivity contribution in [3.8, 4) is 6.01 Å². The minimum Gasteiger partial charge on any atom is -0.477 e. The summed E-state index contributed by atoms with van der Waals surface area (Å²) >= 11 is 0. The van der Waals surface area contributed by atoms with E-state index in [1.165, 1.54) is 12.1 Å². The molecular weight excluding hydrogens is 383 g/mol. The Morgan fingerprint density at radius 3 is 2.66 bits per heavy atom. The number of anilines is 1. The van der Waals surface area contributed by atoms with Gasteiger partial charge in [-0.2, -0.15) is 9.97 Å². The molecule has 0 unspecified atom stereocenters. The predicted molar refractivity (Wildman–Crippen MR) is 101 cm³/mol. The van der Waals surface area contributed by atoms with Crippen LogP contribution in [-0.4, -0.2) is 52.3 Å². The fourth-order valence-corrected chi connectivity index (χ4v) is 3.02. The molecule has 2 aromatic heterocycles. The number of H-pyrrole nitrogens is 1. The summed E-state index contributed by atoms with van der Waals surface area (Å²) in [6, 6.07) is 5.67. The summed E-state index contributed by atoms with van der Waals surface area (Å²) in [5.41, 5.74) is -0.203. The van der Waals surface area contributed by atoms with Crippen molar-refractivity contribution in [1.29, 1.82) is 0 Å². The summed E-state index contributed by atoms with van der Waals surface area (Å²) in [6.07, 6.45) is 1.14. The van der Waals surface area contributed by atoms with Gasteiger partial charge in [-0.25, -0.2) is 9.18 Å². The highest BCUT2D eigenvalue weighted by Gasteiger charge is 2.22. The van der Waals surface area contributed by atoms with Crippen molar-refractivity contribution in [1.82, 2.24) is 15.0 Å². The number of hydrogen-bond donors (Lipinski definition) is 2. The fraction of sp³-hybridized carbons (Fsp3) is 0.263. The van der Waals surface area contributed by atoms with E-state index in [4.69, 9.17) is 9.47 Å².